The van der Waals surface area contributed by atoms with Crippen molar-refractivity contribution in [2.75, 3.05) is 39.4 Å². The first-order chi connectivity index (χ1) is 8.51. The Morgan fingerprint density at radius 3 is 1.45 bits per heavy atom. The van der Waals surface area contributed by atoms with Crippen molar-refractivity contribution >= 4 is 11.9 Å². The van der Waals surface area contributed by atoms with Gasteiger partial charge in [0, 0.05) is 26.2 Å². The van der Waals surface area contributed by atoms with Crippen molar-refractivity contribution in [3.8, 4) is 0 Å². The SMILES string of the molecule is CCN(N)CCOC(=O)C(=O)OCCN(N)CC.[H-].[H-].[Na+].[Na+]. The summed E-state index contributed by atoms with van der Waals surface area (Å²) in [6.07, 6.45) is 0. The van der Waals surface area contributed by atoms with Crippen molar-refractivity contribution in [1.82, 2.24) is 10.0 Å². The van der Waals surface area contributed by atoms with Crippen molar-refractivity contribution in [2.45, 2.75) is 13.8 Å². The molecule has 0 aliphatic heterocycles. The van der Waals surface area contributed by atoms with E-state index in [-0.39, 0.29) is 75.2 Å². The number of hydrogen-bond acceptors (Lipinski definition) is 8. The summed E-state index contributed by atoms with van der Waals surface area (Å²) in [7, 11) is 0. The molecule has 0 fully saturated rings. The van der Waals surface area contributed by atoms with Gasteiger partial charge in [0.05, 0.1) is 0 Å². The normalized spacial score (nSPS) is 9.70. The summed E-state index contributed by atoms with van der Waals surface area (Å²) in [6, 6.07) is 0. The second kappa shape index (κ2) is 16.2. The minimum Gasteiger partial charge on any atom is -1.00 e. The van der Waals surface area contributed by atoms with Crippen LogP contribution in [0, 0.1) is 0 Å². The number of carbonyl (C=O) groups excluding carboxylic acids is 2. The maximum Gasteiger partial charge on any atom is 1.00 e. The van der Waals surface area contributed by atoms with Crippen LogP contribution in [0.4, 0.5) is 0 Å². The van der Waals surface area contributed by atoms with Gasteiger partial charge in [-0.25, -0.2) is 19.6 Å². The molecule has 0 saturated carbocycles. The summed E-state index contributed by atoms with van der Waals surface area (Å²) in [5.41, 5.74) is 0. The molecule has 8 nitrogen and oxygen atoms in total. The van der Waals surface area contributed by atoms with E-state index in [2.05, 4.69) is 9.47 Å². The molecule has 0 aromatic carbocycles. The molecular weight excluding hydrogens is 286 g/mol. The summed E-state index contributed by atoms with van der Waals surface area (Å²) < 4.78 is 9.36. The summed E-state index contributed by atoms with van der Waals surface area (Å²) in [4.78, 5) is 22.3. The monoisotopic (exact) mass is 310 g/mol. The molecule has 0 aromatic rings. The van der Waals surface area contributed by atoms with Gasteiger partial charge in [0.25, 0.3) is 0 Å². The number of ether oxygens (including phenoxy) is 2. The molecular formula is C10H24N4Na2O4. The summed E-state index contributed by atoms with van der Waals surface area (Å²) >= 11 is 0. The minimum absolute atomic E-state index is 0. The molecule has 20 heavy (non-hydrogen) atoms. The van der Waals surface area contributed by atoms with Gasteiger partial charge in [-0.05, 0) is 0 Å². The Hall–Kier alpha value is 0.780. The van der Waals surface area contributed by atoms with Crippen LogP contribution in [-0.2, 0) is 19.1 Å². The van der Waals surface area contributed by atoms with Crippen molar-refractivity contribution < 1.29 is 81.0 Å². The van der Waals surface area contributed by atoms with Crippen molar-refractivity contribution in [1.29, 1.82) is 0 Å². The molecule has 0 amide bonds. The number of hydrogen-bond donors (Lipinski definition) is 2. The standard InChI is InChI=1S/C10H22N4O4.2Na.2H/c1-3-13(11)5-7-17-9(15)10(16)18-8-6-14(12)4-2;;;;/h3-8,11-12H2,1-2H3;;;;/q;2*+1;2*-1. The van der Waals surface area contributed by atoms with Gasteiger partial charge in [0.1, 0.15) is 13.2 Å². The maximum atomic E-state index is 11.2. The zero-order valence-corrected chi connectivity index (χ0v) is 16.9. The Morgan fingerprint density at radius 2 is 1.20 bits per heavy atom. The molecule has 0 aliphatic rings. The van der Waals surface area contributed by atoms with E-state index in [1.807, 2.05) is 13.8 Å². The first kappa shape index (κ1) is 25.7. The van der Waals surface area contributed by atoms with Gasteiger partial charge < -0.3 is 12.3 Å². The summed E-state index contributed by atoms with van der Waals surface area (Å²) in [5, 5.41) is 2.93. The first-order valence-corrected chi connectivity index (χ1v) is 5.84. The Morgan fingerprint density at radius 1 is 0.900 bits per heavy atom. The fourth-order valence-electron chi connectivity index (χ4n) is 0.945. The molecule has 0 saturated heterocycles. The second-order valence-electron chi connectivity index (χ2n) is 3.53. The van der Waals surface area contributed by atoms with Gasteiger partial charge in [-0.2, -0.15) is 0 Å². The molecule has 0 unspecified atom stereocenters. The second-order valence-corrected chi connectivity index (χ2v) is 3.53. The molecule has 0 aliphatic carbocycles. The van der Waals surface area contributed by atoms with Crippen molar-refractivity contribution in [3.05, 3.63) is 0 Å². The number of nitrogens with zero attached hydrogens (tertiary/aromatic N) is 2. The molecule has 0 radical (unpaired) electrons. The van der Waals surface area contributed by atoms with Crippen LogP contribution in [-0.4, -0.2) is 61.3 Å². The van der Waals surface area contributed by atoms with E-state index in [0.29, 0.717) is 26.2 Å². The van der Waals surface area contributed by atoms with E-state index in [1.54, 1.807) is 0 Å². The predicted octanol–water partition coefficient (Wildman–Crippen LogP) is -7.30. The Labute approximate surface area is 167 Å². The van der Waals surface area contributed by atoms with Crippen LogP contribution in [0.1, 0.15) is 16.7 Å². The van der Waals surface area contributed by atoms with E-state index >= 15 is 0 Å². The Bertz CT molecular complexity index is 255. The molecule has 10 heteroatoms. The average Bonchev–Trinajstić information content (AvgIpc) is 2.37. The zero-order chi connectivity index (χ0) is 14.0. The fraction of sp³-hybridized carbons (Fsp3) is 0.800. The molecule has 0 atom stereocenters. The molecule has 0 aromatic heterocycles. The predicted molar refractivity (Wildman–Crippen MR) is 67.0 cm³/mol. The van der Waals surface area contributed by atoms with E-state index in [4.69, 9.17) is 11.7 Å². The quantitative estimate of drug-likeness (QED) is 0.150. The van der Waals surface area contributed by atoms with Crippen LogP contribution in [0.3, 0.4) is 0 Å². The zero-order valence-electron chi connectivity index (χ0n) is 14.9. The average molecular weight is 310 g/mol. The third kappa shape index (κ3) is 13.7. The van der Waals surface area contributed by atoms with Gasteiger partial charge in [0.2, 0.25) is 0 Å². The van der Waals surface area contributed by atoms with Crippen LogP contribution in [0.25, 0.3) is 0 Å². The number of nitrogens with two attached hydrogens (primary N) is 2. The van der Waals surface area contributed by atoms with Gasteiger partial charge in [-0.15, -0.1) is 0 Å². The molecule has 0 rings (SSSR count). The van der Waals surface area contributed by atoms with Crippen molar-refractivity contribution in [3.63, 3.8) is 0 Å². The van der Waals surface area contributed by atoms with Crippen LogP contribution in [0.5, 0.6) is 0 Å². The molecule has 0 spiro atoms. The van der Waals surface area contributed by atoms with Gasteiger partial charge >= 0.3 is 71.1 Å². The Balaban J connectivity index is -0.000000241. The third-order valence-electron chi connectivity index (χ3n) is 2.20. The van der Waals surface area contributed by atoms with Crippen LogP contribution < -0.4 is 70.8 Å². The number of hydrazine groups is 2. The Kier molecular flexibility index (Phi) is 20.8. The van der Waals surface area contributed by atoms with E-state index in [9.17, 15) is 9.59 Å². The first-order valence-electron chi connectivity index (χ1n) is 5.84. The van der Waals surface area contributed by atoms with Crippen LogP contribution in [0.2, 0.25) is 0 Å². The molecule has 4 N–H and O–H groups in total. The van der Waals surface area contributed by atoms with E-state index in [0.717, 1.165) is 0 Å². The number of carbonyl (C=O) groups is 2. The van der Waals surface area contributed by atoms with Crippen LogP contribution >= 0.6 is 0 Å². The minimum atomic E-state index is -1.01. The number of esters is 2. The molecule has 0 bridgehead atoms. The number of rotatable bonds is 8. The summed E-state index contributed by atoms with van der Waals surface area (Å²) in [5.74, 6) is 8.91. The maximum absolute atomic E-state index is 11.2. The largest absolute Gasteiger partial charge is 1.00 e. The fourth-order valence-corrected chi connectivity index (χ4v) is 0.945. The van der Waals surface area contributed by atoms with Gasteiger partial charge in [0.15, 0.2) is 0 Å². The van der Waals surface area contributed by atoms with Crippen LogP contribution in [0.15, 0.2) is 0 Å². The van der Waals surface area contributed by atoms with Crippen molar-refractivity contribution in [2.24, 2.45) is 11.7 Å². The van der Waals surface area contributed by atoms with Gasteiger partial charge in [-0.3, -0.25) is 11.7 Å². The molecule has 110 valence electrons. The summed E-state index contributed by atoms with van der Waals surface area (Å²) in [6.45, 7) is 5.82. The third-order valence-corrected chi connectivity index (χ3v) is 2.20. The molecule has 0 heterocycles. The van der Waals surface area contributed by atoms with Gasteiger partial charge in [-0.1, -0.05) is 13.8 Å². The van der Waals surface area contributed by atoms with E-state index in [1.165, 1.54) is 10.0 Å². The number of likely N-dealkylation sites (N-methyl/N-ethyl adjacent to an activating group) is 2. The van der Waals surface area contributed by atoms with E-state index < -0.39 is 11.9 Å². The smallest absolute Gasteiger partial charge is 1.00 e. The topological polar surface area (TPSA) is 111 Å².